The summed E-state index contributed by atoms with van der Waals surface area (Å²) in [5, 5.41) is 0. The van der Waals surface area contributed by atoms with Crippen molar-refractivity contribution in [2.45, 2.75) is 101 Å². The van der Waals surface area contributed by atoms with Crippen molar-refractivity contribution in [1.29, 1.82) is 0 Å². The van der Waals surface area contributed by atoms with E-state index in [9.17, 15) is 0 Å². The molecule has 136 valence electrons. The molecule has 0 atom stereocenters. The Balaban J connectivity index is 0.000000338. The molecule has 0 aromatic heterocycles. The van der Waals surface area contributed by atoms with Crippen LogP contribution < -0.4 is 0 Å². The summed E-state index contributed by atoms with van der Waals surface area (Å²) in [4.78, 5) is 0. The molecule has 4 aliphatic carbocycles. The van der Waals surface area contributed by atoms with Gasteiger partial charge in [0.2, 0.25) is 0 Å². The molecule has 0 radical (unpaired) electrons. The highest BCUT2D eigenvalue weighted by atomic mass is 14.7. The Morgan fingerprint density at radius 1 is 0.522 bits per heavy atom. The van der Waals surface area contributed by atoms with Crippen molar-refractivity contribution < 1.29 is 0 Å². The fourth-order valence-electron chi connectivity index (χ4n) is 7.50. The van der Waals surface area contributed by atoms with E-state index in [-0.39, 0.29) is 0 Å². The third-order valence-electron chi connectivity index (χ3n) is 6.91. The first-order chi connectivity index (χ1) is 10.2. The van der Waals surface area contributed by atoms with Crippen molar-refractivity contribution in [2.75, 3.05) is 0 Å². The molecule has 23 heavy (non-hydrogen) atoms. The van der Waals surface area contributed by atoms with Gasteiger partial charge in [-0.1, -0.05) is 69.2 Å². The van der Waals surface area contributed by atoms with Gasteiger partial charge in [0.1, 0.15) is 0 Å². The molecule has 0 aromatic rings. The molecule has 4 aliphatic rings. The minimum atomic E-state index is 0.452. The van der Waals surface area contributed by atoms with Crippen molar-refractivity contribution in [3.8, 4) is 0 Å². The van der Waals surface area contributed by atoms with Crippen LogP contribution in [-0.4, -0.2) is 0 Å². The molecule has 0 N–H and O–H groups in total. The van der Waals surface area contributed by atoms with Gasteiger partial charge in [0.25, 0.3) is 0 Å². The lowest BCUT2D eigenvalue weighted by molar-refractivity contribution is -0.219. The largest absolute Gasteiger partial charge is 0.0604 e. The Morgan fingerprint density at radius 2 is 0.783 bits per heavy atom. The molecule has 0 spiro atoms. The molecule has 4 fully saturated rings. The van der Waals surface area contributed by atoms with E-state index < -0.39 is 0 Å². The second-order valence-corrected chi connectivity index (χ2v) is 12.7. The first-order valence-electron chi connectivity index (χ1n) is 10.2. The van der Waals surface area contributed by atoms with Gasteiger partial charge < -0.3 is 0 Å². The van der Waals surface area contributed by atoms with Crippen LogP contribution in [0.15, 0.2) is 0 Å². The Labute approximate surface area is 147 Å². The van der Waals surface area contributed by atoms with Crippen molar-refractivity contribution in [2.24, 2.45) is 45.3 Å². The van der Waals surface area contributed by atoms with Gasteiger partial charge in [-0.3, -0.25) is 0 Å². The van der Waals surface area contributed by atoms with E-state index in [0.717, 1.165) is 23.7 Å². The van der Waals surface area contributed by atoms with E-state index >= 15 is 0 Å². The molecule has 0 heterocycles. The average Bonchev–Trinajstić information content (AvgIpc) is 2.20. The van der Waals surface area contributed by atoms with Crippen LogP contribution >= 0.6 is 0 Å². The van der Waals surface area contributed by atoms with Crippen LogP contribution in [0, 0.1) is 45.3 Å². The summed E-state index contributed by atoms with van der Waals surface area (Å²) in [6.45, 7) is 23.9. The maximum absolute atomic E-state index is 2.53. The van der Waals surface area contributed by atoms with Gasteiger partial charge in [0, 0.05) is 0 Å². The van der Waals surface area contributed by atoms with Crippen LogP contribution in [0.2, 0.25) is 0 Å². The molecule has 4 saturated carbocycles. The van der Waals surface area contributed by atoms with Crippen molar-refractivity contribution in [3.05, 3.63) is 0 Å². The number of hydrogen-bond donors (Lipinski definition) is 0. The predicted molar refractivity (Wildman–Crippen MR) is 104 cm³/mol. The smallest absolute Gasteiger partial charge is 0.0143 e. The van der Waals surface area contributed by atoms with Crippen molar-refractivity contribution in [1.82, 2.24) is 0 Å². The van der Waals surface area contributed by atoms with E-state index in [1.54, 1.807) is 32.1 Å². The van der Waals surface area contributed by atoms with Crippen molar-refractivity contribution in [3.63, 3.8) is 0 Å². The zero-order valence-corrected chi connectivity index (χ0v) is 17.8. The molecule has 4 bridgehead atoms. The van der Waals surface area contributed by atoms with Gasteiger partial charge in [-0.2, -0.15) is 0 Å². The molecule has 0 amide bonds. The highest BCUT2D eigenvalue weighted by Gasteiger charge is 2.65. The topological polar surface area (TPSA) is 0 Å². The molecule has 0 saturated heterocycles. The summed E-state index contributed by atoms with van der Waals surface area (Å²) in [6, 6.07) is 0. The fourth-order valence-corrected chi connectivity index (χ4v) is 7.50. The summed E-state index contributed by atoms with van der Waals surface area (Å²) in [5.74, 6) is 4.19. The molecule has 0 nitrogen and oxygen atoms in total. The lowest BCUT2D eigenvalue weighted by atomic mass is 9.34. The van der Waals surface area contributed by atoms with Gasteiger partial charge in [-0.25, -0.2) is 0 Å². The van der Waals surface area contributed by atoms with Crippen LogP contribution in [0.25, 0.3) is 0 Å². The normalized spacial score (nSPS) is 35.7. The molecule has 0 aliphatic heterocycles. The fraction of sp³-hybridized carbons (Fsp3) is 1.00. The van der Waals surface area contributed by atoms with Crippen LogP contribution in [-0.2, 0) is 0 Å². The van der Waals surface area contributed by atoms with E-state index in [4.69, 9.17) is 0 Å². The zero-order chi connectivity index (χ0) is 17.8. The zero-order valence-electron chi connectivity index (χ0n) is 17.8. The number of hydrogen-bond acceptors (Lipinski definition) is 0. The van der Waals surface area contributed by atoms with Gasteiger partial charge in [0.05, 0.1) is 0 Å². The van der Waals surface area contributed by atoms with E-state index in [1.807, 2.05) is 0 Å². The molecular weight excluding hydrogens is 276 g/mol. The average molecular weight is 321 g/mol. The lowest BCUT2D eigenvalue weighted by Gasteiger charge is -2.70. The van der Waals surface area contributed by atoms with Crippen LogP contribution in [0.4, 0.5) is 0 Å². The Bertz CT molecular complexity index is 357. The first-order valence-corrected chi connectivity index (χ1v) is 10.2. The highest BCUT2D eigenvalue weighted by molar-refractivity contribution is 5.14. The second kappa shape index (κ2) is 5.77. The monoisotopic (exact) mass is 320 g/mol. The molecular formula is C23H44. The van der Waals surface area contributed by atoms with E-state index in [1.165, 1.54) is 0 Å². The van der Waals surface area contributed by atoms with Crippen LogP contribution in [0.1, 0.15) is 101 Å². The highest BCUT2D eigenvalue weighted by Crippen LogP contribution is 2.72. The first kappa shape index (κ1) is 19.3. The summed E-state index contributed by atoms with van der Waals surface area (Å²) < 4.78 is 0. The minimum absolute atomic E-state index is 0.452. The van der Waals surface area contributed by atoms with Crippen LogP contribution in [0.3, 0.4) is 0 Å². The Kier molecular flexibility index (Phi) is 4.85. The summed E-state index contributed by atoms with van der Waals surface area (Å²) in [5.41, 5.74) is 1.98. The van der Waals surface area contributed by atoms with E-state index in [2.05, 4.69) is 69.2 Å². The quantitative estimate of drug-likeness (QED) is 0.431. The van der Waals surface area contributed by atoms with Gasteiger partial charge >= 0.3 is 0 Å². The van der Waals surface area contributed by atoms with E-state index in [0.29, 0.717) is 21.7 Å². The molecule has 4 rings (SSSR count). The maximum atomic E-state index is 2.53. The molecule has 0 heteroatoms. The standard InChI is InChI=1S/C18H32.C5H12/c1-16(2,3)18(17(4,5)6)14-8-12-7-13(10-14)11-15(18)9-12;1-5(2,3)4/h12-15H,7-11H2,1-6H3;1-4H3. The summed E-state index contributed by atoms with van der Waals surface area (Å²) in [7, 11) is 0. The lowest BCUT2D eigenvalue weighted by Crippen LogP contribution is -2.63. The minimum Gasteiger partial charge on any atom is -0.0604 e. The SMILES string of the molecule is CC(C)(C)C.CC(C)(C)C1(C(C)(C)C)C2CC3CC(C2)CC1C3. The molecule has 0 aromatic carbocycles. The summed E-state index contributed by atoms with van der Waals surface area (Å²) >= 11 is 0. The second-order valence-electron chi connectivity index (χ2n) is 12.7. The summed E-state index contributed by atoms with van der Waals surface area (Å²) in [6.07, 6.45) is 7.74. The number of rotatable bonds is 0. The van der Waals surface area contributed by atoms with Gasteiger partial charge in [0.15, 0.2) is 0 Å². The third-order valence-corrected chi connectivity index (χ3v) is 6.91. The van der Waals surface area contributed by atoms with Gasteiger partial charge in [-0.15, -0.1) is 0 Å². The van der Waals surface area contributed by atoms with Crippen molar-refractivity contribution >= 4 is 0 Å². The predicted octanol–water partition coefficient (Wildman–Crippen LogP) is 7.57. The Morgan fingerprint density at radius 3 is 1.00 bits per heavy atom. The van der Waals surface area contributed by atoms with Gasteiger partial charge in [-0.05, 0) is 77.4 Å². The Hall–Kier alpha value is 0. The maximum Gasteiger partial charge on any atom is -0.0143 e. The third kappa shape index (κ3) is 3.52. The molecule has 0 unspecified atom stereocenters. The van der Waals surface area contributed by atoms with Crippen LogP contribution in [0.5, 0.6) is 0 Å².